The highest BCUT2D eigenvalue weighted by Crippen LogP contribution is 2.19. The first kappa shape index (κ1) is 13.4. The molecule has 0 aliphatic rings. The van der Waals surface area contributed by atoms with Crippen molar-refractivity contribution < 1.29 is 9.59 Å². The van der Waals surface area contributed by atoms with E-state index in [1.807, 2.05) is 16.3 Å². The second kappa shape index (κ2) is 5.40. The Hall–Kier alpha value is -2.63. The van der Waals surface area contributed by atoms with Gasteiger partial charge in [0.2, 0.25) is 11.9 Å². The summed E-state index contributed by atoms with van der Waals surface area (Å²) in [4.78, 5) is 37.1. The van der Waals surface area contributed by atoms with E-state index in [1.54, 1.807) is 24.4 Å². The van der Waals surface area contributed by atoms with Gasteiger partial charge in [-0.15, -0.1) is 0 Å². The van der Waals surface area contributed by atoms with Crippen molar-refractivity contribution in [2.45, 2.75) is 0 Å². The number of aromatic nitrogens is 4. The minimum Gasteiger partial charge on any atom is -0.331 e. The highest BCUT2D eigenvalue weighted by atomic mass is 27.0. The molecule has 9 heteroatoms. The third-order valence-electron chi connectivity index (χ3n) is 2.73. The van der Waals surface area contributed by atoms with E-state index in [0.717, 1.165) is 0 Å². The molecule has 0 fully saturated rings. The van der Waals surface area contributed by atoms with Gasteiger partial charge in [-0.2, -0.15) is 0 Å². The molecule has 2 radical (unpaired) electrons. The number of hydrogen-bond donors (Lipinski definition) is 4. The largest absolute Gasteiger partial charge is 0.331 e. The Labute approximate surface area is 126 Å². The van der Waals surface area contributed by atoms with E-state index in [4.69, 9.17) is 0 Å². The van der Waals surface area contributed by atoms with Crippen LogP contribution in [0.2, 0.25) is 0 Å². The predicted octanol–water partition coefficient (Wildman–Crippen LogP) is 1.24. The fourth-order valence-corrected chi connectivity index (χ4v) is 2.04. The van der Waals surface area contributed by atoms with Gasteiger partial charge in [-0.3, -0.25) is 10.1 Å². The lowest BCUT2D eigenvalue weighted by atomic mass is 10.2. The average molecular weight is 296 g/mol. The van der Waals surface area contributed by atoms with Gasteiger partial charge in [0.25, 0.3) is 22.2 Å². The van der Waals surface area contributed by atoms with E-state index in [9.17, 15) is 9.59 Å². The van der Waals surface area contributed by atoms with Gasteiger partial charge in [-0.25, -0.2) is 9.97 Å². The fourth-order valence-electron chi connectivity index (χ4n) is 1.90. The van der Waals surface area contributed by atoms with Crippen LogP contribution < -0.4 is 10.6 Å². The zero-order valence-corrected chi connectivity index (χ0v) is 11.8. The number of amides is 2. The molecule has 3 aromatic rings. The molecule has 102 valence electrons. The number of imidazole rings is 2. The Morgan fingerprint density at radius 1 is 1.19 bits per heavy atom. The lowest BCUT2D eigenvalue weighted by molar-refractivity contribution is 0.102. The molecule has 1 aromatic carbocycles. The normalized spacial score (nSPS) is 10.5. The molecule has 2 aromatic heterocycles. The highest BCUT2D eigenvalue weighted by Gasteiger charge is 2.14. The van der Waals surface area contributed by atoms with Crippen molar-refractivity contribution in [3.05, 3.63) is 36.2 Å². The Morgan fingerprint density at radius 3 is 2.76 bits per heavy atom. The molecule has 0 bridgehead atoms. The first-order valence-corrected chi connectivity index (χ1v) is 6.57. The van der Waals surface area contributed by atoms with Gasteiger partial charge in [-0.1, -0.05) is 6.07 Å². The Balaban J connectivity index is 1.96. The van der Waals surface area contributed by atoms with Crippen molar-refractivity contribution in [1.29, 1.82) is 0 Å². The van der Waals surface area contributed by atoms with Gasteiger partial charge in [0.15, 0.2) is 0 Å². The first-order chi connectivity index (χ1) is 10.1. The SMILES string of the molecule is O=[C]([Al])Nc1nc2c(C(=O)Nc3ncc[nH]3)cccc2[nH]1. The number of carbonyl (C=O) groups excluding carboxylic acids is 2. The molecule has 0 unspecified atom stereocenters. The topological polar surface area (TPSA) is 116 Å². The second-order valence-electron chi connectivity index (χ2n) is 4.17. The summed E-state index contributed by atoms with van der Waals surface area (Å²) in [6.07, 6.45) is 3.15. The number of aromatic amines is 2. The minimum atomic E-state index is -0.342. The van der Waals surface area contributed by atoms with Crippen LogP contribution in [0.3, 0.4) is 0 Å². The number of rotatable bonds is 3. The van der Waals surface area contributed by atoms with E-state index in [-0.39, 0.29) is 16.6 Å². The summed E-state index contributed by atoms with van der Waals surface area (Å²) in [5.74, 6) is 0.292. The molecule has 0 spiro atoms. The number of carbonyl (C=O) groups is 2. The highest BCUT2D eigenvalue weighted by molar-refractivity contribution is 6.60. The number of fused-ring (bicyclic) bond motifs is 1. The predicted molar refractivity (Wildman–Crippen MR) is 77.4 cm³/mol. The smallest absolute Gasteiger partial charge is 0.282 e. The van der Waals surface area contributed by atoms with E-state index < -0.39 is 0 Å². The van der Waals surface area contributed by atoms with Crippen LogP contribution in [0, 0.1) is 0 Å². The Bertz CT molecular complexity index is 810. The van der Waals surface area contributed by atoms with Gasteiger partial charge < -0.3 is 20.1 Å². The lowest BCUT2D eigenvalue weighted by Crippen LogP contribution is -2.13. The quantitative estimate of drug-likeness (QED) is 0.544. The van der Waals surface area contributed by atoms with Crippen LogP contribution >= 0.6 is 0 Å². The maximum absolute atomic E-state index is 12.2. The summed E-state index contributed by atoms with van der Waals surface area (Å²) >= 11 is 1.99. The third-order valence-corrected chi connectivity index (χ3v) is 2.87. The van der Waals surface area contributed by atoms with Crippen molar-refractivity contribution in [1.82, 2.24) is 19.9 Å². The monoisotopic (exact) mass is 296 g/mol. The Kier molecular flexibility index (Phi) is 3.43. The molecule has 4 N–H and O–H groups in total. The molecule has 0 aliphatic carbocycles. The lowest BCUT2D eigenvalue weighted by Gasteiger charge is -2.02. The first-order valence-electron chi connectivity index (χ1n) is 5.99. The summed E-state index contributed by atoms with van der Waals surface area (Å²) in [6.45, 7) is 0. The van der Waals surface area contributed by atoms with Crippen LogP contribution in [0.15, 0.2) is 30.6 Å². The molecule has 0 saturated heterocycles. The molecule has 21 heavy (non-hydrogen) atoms. The molecule has 2 heterocycles. The number of nitrogens with zero attached hydrogens (tertiary/aromatic N) is 2. The van der Waals surface area contributed by atoms with E-state index in [1.165, 1.54) is 6.20 Å². The molecule has 0 aliphatic heterocycles. The summed E-state index contributed by atoms with van der Waals surface area (Å²) < 4.78 is -0.323. The van der Waals surface area contributed by atoms with Gasteiger partial charge in [0.05, 0.1) is 11.1 Å². The van der Waals surface area contributed by atoms with E-state index >= 15 is 0 Å². The van der Waals surface area contributed by atoms with Crippen molar-refractivity contribution in [3.8, 4) is 0 Å². The van der Waals surface area contributed by atoms with Gasteiger partial charge in [-0.05, 0) is 12.1 Å². The fraction of sp³-hybridized carbons (Fsp3) is 0. The van der Waals surface area contributed by atoms with Crippen LogP contribution in [-0.2, 0) is 0 Å². The van der Waals surface area contributed by atoms with Gasteiger partial charge in [0.1, 0.15) is 10.3 Å². The zero-order valence-electron chi connectivity index (χ0n) is 10.7. The minimum absolute atomic E-state index is 0.281. The number of anilines is 2. The standard InChI is InChI=1S/C12H9N6O2.Al/c19-6-15-12-16-8-3-1-2-7(9(8)17-12)10(20)18-11-13-4-5-14-11;/h1-5H,(H2,13,14,18,20)(H2,15,16,17,19);. The molecule has 8 nitrogen and oxygen atoms in total. The number of H-pyrrole nitrogens is 2. The number of para-hydroxylation sites is 1. The van der Waals surface area contributed by atoms with Crippen molar-refractivity contribution in [3.63, 3.8) is 0 Å². The van der Waals surface area contributed by atoms with Crippen LogP contribution in [0.5, 0.6) is 0 Å². The van der Waals surface area contributed by atoms with E-state index in [0.29, 0.717) is 22.5 Å². The number of benzene rings is 1. The molecular formula is C12H9AlN6O2. The number of hydrogen-bond acceptors (Lipinski definition) is 4. The maximum atomic E-state index is 12.2. The van der Waals surface area contributed by atoms with Crippen LogP contribution in [0.1, 0.15) is 10.4 Å². The summed E-state index contributed by atoms with van der Waals surface area (Å²) in [5, 5.41) is 5.14. The van der Waals surface area contributed by atoms with Gasteiger partial charge in [0, 0.05) is 12.4 Å². The molecule has 3 rings (SSSR count). The molecule has 0 saturated carbocycles. The Morgan fingerprint density at radius 2 is 2.05 bits per heavy atom. The molecule has 2 amide bonds. The summed E-state index contributed by atoms with van der Waals surface area (Å²) in [7, 11) is 0. The average Bonchev–Trinajstić information content (AvgIpc) is 3.05. The number of nitrogens with one attached hydrogen (secondary N) is 4. The second-order valence-corrected chi connectivity index (χ2v) is 4.69. The van der Waals surface area contributed by atoms with Crippen molar-refractivity contribution in [2.75, 3.05) is 10.6 Å². The van der Waals surface area contributed by atoms with Crippen LogP contribution in [0.25, 0.3) is 11.0 Å². The van der Waals surface area contributed by atoms with Crippen molar-refractivity contribution >= 4 is 49.9 Å². The van der Waals surface area contributed by atoms with Gasteiger partial charge >= 0.3 is 0 Å². The van der Waals surface area contributed by atoms with E-state index in [2.05, 4.69) is 30.6 Å². The zero-order chi connectivity index (χ0) is 14.8. The molecular weight excluding hydrogens is 287 g/mol. The van der Waals surface area contributed by atoms with Crippen molar-refractivity contribution in [2.24, 2.45) is 0 Å². The van der Waals surface area contributed by atoms with Crippen LogP contribution in [-0.4, -0.2) is 46.9 Å². The van der Waals surface area contributed by atoms with Crippen LogP contribution in [0.4, 0.5) is 16.7 Å². The summed E-state index contributed by atoms with van der Waals surface area (Å²) in [6, 6.07) is 5.14. The third kappa shape index (κ3) is 2.79. The molecule has 0 atom stereocenters. The summed E-state index contributed by atoms with van der Waals surface area (Å²) in [5.41, 5.74) is 1.50. The maximum Gasteiger partial charge on any atom is 0.282 e.